The molecule has 0 aromatic carbocycles. The Morgan fingerprint density at radius 2 is 2.25 bits per heavy atom. The third kappa shape index (κ3) is 2.80. The predicted molar refractivity (Wildman–Crippen MR) is 73.0 cm³/mol. The molecule has 0 saturated carbocycles. The minimum Gasteiger partial charge on any atom is -0.380 e. The number of methoxy groups -OCH3 is 1. The second kappa shape index (κ2) is 6.00. The summed E-state index contributed by atoms with van der Waals surface area (Å²) in [7, 11) is 1.57. The van der Waals surface area contributed by atoms with Gasteiger partial charge in [0.2, 0.25) is 5.91 Å². The number of aryl methyl sites for hydroxylation is 1. The lowest BCUT2D eigenvalue weighted by Crippen LogP contribution is -2.43. The van der Waals surface area contributed by atoms with Crippen molar-refractivity contribution < 1.29 is 14.3 Å². The van der Waals surface area contributed by atoms with Crippen LogP contribution in [0, 0.1) is 0 Å². The molecule has 0 bridgehead atoms. The van der Waals surface area contributed by atoms with Crippen LogP contribution in [0.4, 0.5) is 0 Å². The largest absolute Gasteiger partial charge is 0.380 e. The first-order chi connectivity index (χ1) is 9.56. The Morgan fingerprint density at radius 3 is 2.85 bits per heavy atom. The summed E-state index contributed by atoms with van der Waals surface area (Å²) < 4.78 is 5.24. The lowest BCUT2D eigenvalue weighted by molar-refractivity contribution is -0.121. The summed E-state index contributed by atoms with van der Waals surface area (Å²) in [5.74, 6) is -0.728. The van der Waals surface area contributed by atoms with E-state index in [0.717, 1.165) is 12.0 Å². The van der Waals surface area contributed by atoms with Crippen LogP contribution < -0.4 is 5.73 Å². The van der Waals surface area contributed by atoms with E-state index in [2.05, 4.69) is 4.98 Å². The molecule has 2 heterocycles. The Morgan fingerprint density at radius 1 is 1.50 bits per heavy atom. The first-order valence-corrected chi connectivity index (χ1v) is 6.63. The molecule has 6 heteroatoms. The van der Waals surface area contributed by atoms with Gasteiger partial charge >= 0.3 is 0 Å². The quantitative estimate of drug-likeness (QED) is 0.861. The first kappa shape index (κ1) is 14.5. The van der Waals surface area contributed by atoms with Crippen LogP contribution in [0.1, 0.15) is 29.3 Å². The molecule has 2 rings (SSSR count). The van der Waals surface area contributed by atoms with E-state index in [-0.39, 0.29) is 12.0 Å². The molecule has 0 spiro atoms. The van der Waals surface area contributed by atoms with Gasteiger partial charge in [0.25, 0.3) is 5.91 Å². The van der Waals surface area contributed by atoms with Gasteiger partial charge in [0, 0.05) is 32.5 Å². The SMILES string of the molecule is CCc1cncc(C(=O)N2C[C@@H](OC)C[C@H]2C(N)=O)c1. The second-order valence-electron chi connectivity index (χ2n) is 4.90. The Bertz CT molecular complexity index is 518. The maximum atomic E-state index is 12.5. The molecule has 1 aliphatic rings. The zero-order valence-electron chi connectivity index (χ0n) is 11.7. The van der Waals surface area contributed by atoms with Crippen LogP contribution in [-0.2, 0) is 16.0 Å². The number of hydrogen-bond donors (Lipinski definition) is 1. The molecule has 2 N–H and O–H groups in total. The maximum Gasteiger partial charge on any atom is 0.256 e. The van der Waals surface area contributed by atoms with E-state index in [4.69, 9.17) is 10.5 Å². The Balaban J connectivity index is 2.24. The molecule has 20 heavy (non-hydrogen) atoms. The molecule has 0 unspecified atom stereocenters. The topological polar surface area (TPSA) is 85.5 Å². The molecule has 6 nitrogen and oxygen atoms in total. The number of nitrogens with zero attached hydrogens (tertiary/aromatic N) is 2. The predicted octanol–water partition coefficient (Wildman–Crippen LogP) is 0.359. The van der Waals surface area contributed by atoms with Crippen molar-refractivity contribution in [1.29, 1.82) is 0 Å². The molecule has 108 valence electrons. The van der Waals surface area contributed by atoms with E-state index in [1.54, 1.807) is 19.4 Å². The van der Waals surface area contributed by atoms with Gasteiger partial charge in [0.15, 0.2) is 0 Å². The summed E-state index contributed by atoms with van der Waals surface area (Å²) in [6, 6.07) is 1.19. The van der Waals surface area contributed by atoms with Gasteiger partial charge in [-0.15, -0.1) is 0 Å². The molecule has 2 amide bonds. The average molecular weight is 277 g/mol. The van der Waals surface area contributed by atoms with Crippen LogP contribution >= 0.6 is 0 Å². The number of amides is 2. The highest BCUT2D eigenvalue weighted by Gasteiger charge is 2.39. The van der Waals surface area contributed by atoms with Gasteiger partial charge in [-0.3, -0.25) is 14.6 Å². The molecular weight excluding hydrogens is 258 g/mol. The van der Waals surface area contributed by atoms with Gasteiger partial charge < -0.3 is 15.4 Å². The number of pyridine rings is 1. The number of carbonyl (C=O) groups is 2. The van der Waals surface area contributed by atoms with Gasteiger partial charge in [0.1, 0.15) is 6.04 Å². The minimum atomic E-state index is -0.613. The number of aromatic nitrogens is 1. The standard InChI is InChI=1S/C14H19N3O3/c1-3-9-4-10(7-16-6-9)14(19)17-8-11(20-2)5-12(17)13(15)18/h4,6-7,11-12H,3,5,8H2,1-2H3,(H2,15,18)/t11-,12-/m0/s1. The summed E-state index contributed by atoms with van der Waals surface area (Å²) in [6.45, 7) is 2.37. The van der Waals surface area contributed by atoms with Crippen LogP contribution in [0.3, 0.4) is 0 Å². The van der Waals surface area contributed by atoms with Gasteiger partial charge in [-0.05, 0) is 18.1 Å². The monoisotopic (exact) mass is 277 g/mol. The molecule has 1 aromatic heterocycles. The van der Waals surface area contributed by atoms with E-state index in [9.17, 15) is 9.59 Å². The highest BCUT2D eigenvalue weighted by molar-refractivity contribution is 5.97. The number of nitrogens with two attached hydrogens (primary N) is 1. The van der Waals surface area contributed by atoms with Crippen molar-refractivity contribution in [2.75, 3.05) is 13.7 Å². The minimum absolute atomic E-state index is 0.154. The lowest BCUT2D eigenvalue weighted by atomic mass is 10.1. The van der Waals surface area contributed by atoms with Crippen molar-refractivity contribution in [1.82, 2.24) is 9.88 Å². The fourth-order valence-electron chi connectivity index (χ4n) is 2.43. The second-order valence-corrected chi connectivity index (χ2v) is 4.90. The van der Waals surface area contributed by atoms with Crippen molar-refractivity contribution in [3.63, 3.8) is 0 Å². The number of ether oxygens (including phenoxy) is 1. The van der Waals surface area contributed by atoms with Crippen molar-refractivity contribution in [2.45, 2.75) is 31.9 Å². The van der Waals surface area contributed by atoms with E-state index in [1.165, 1.54) is 11.1 Å². The highest BCUT2D eigenvalue weighted by atomic mass is 16.5. The fraction of sp³-hybridized carbons (Fsp3) is 0.500. The summed E-state index contributed by atoms with van der Waals surface area (Å²) in [5.41, 5.74) is 6.83. The highest BCUT2D eigenvalue weighted by Crippen LogP contribution is 2.22. The molecule has 1 saturated heterocycles. The summed E-state index contributed by atoms with van der Waals surface area (Å²) >= 11 is 0. The summed E-state index contributed by atoms with van der Waals surface area (Å²) in [4.78, 5) is 29.5. The van der Waals surface area contributed by atoms with Gasteiger partial charge in [-0.2, -0.15) is 0 Å². The molecule has 0 radical (unpaired) electrons. The molecule has 1 fully saturated rings. The average Bonchev–Trinajstić information content (AvgIpc) is 2.91. The molecule has 2 atom stereocenters. The number of likely N-dealkylation sites (tertiary alicyclic amines) is 1. The van der Waals surface area contributed by atoms with Crippen molar-refractivity contribution in [3.05, 3.63) is 29.6 Å². The zero-order valence-corrected chi connectivity index (χ0v) is 11.7. The number of primary amides is 1. The maximum absolute atomic E-state index is 12.5. The lowest BCUT2D eigenvalue weighted by Gasteiger charge is -2.22. The van der Waals surface area contributed by atoms with Gasteiger partial charge in [-0.25, -0.2) is 0 Å². The zero-order chi connectivity index (χ0) is 14.7. The van der Waals surface area contributed by atoms with Crippen molar-refractivity contribution in [2.24, 2.45) is 5.73 Å². The Labute approximate surface area is 117 Å². The normalized spacial score (nSPS) is 22.0. The number of rotatable bonds is 4. The van der Waals surface area contributed by atoms with Crippen LogP contribution in [0.5, 0.6) is 0 Å². The fourth-order valence-corrected chi connectivity index (χ4v) is 2.43. The smallest absolute Gasteiger partial charge is 0.256 e. The van der Waals surface area contributed by atoms with E-state index < -0.39 is 11.9 Å². The van der Waals surface area contributed by atoms with Crippen LogP contribution in [-0.4, -0.2) is 47.5 Å². The van der Waals surface area contributed by atoms with E-state index in [1.807, 2.05) is 6.92 Å². The molecular formula is C14H19N3O3. The number of hydrogen-bond acceptors (Lipinski definition) is 4. The molecule has 1 aliphatic heterocycles. The summed E-state index contributed by atoms with van der Waals surface area (Å²) in [5, 5.41) is 0. The summed E-state index contributed by atoms with van der Waals surface area (Å²) in [6.07, 6.45) is 4.33. The van der Waals surface area contributed by atoms with Crippen molar-refractivity contribution >= 4 is 11.8 Å². The first-order valence-electron chi connectivity index (χ1n) is 6.63. The van der Waals surface area contributed by atoms with Crippen LogP contribution in [0.2, 0.25) is 0 Å². The van der Waals surface area contributed by atoms with E-state index in [0.29, 0.717) is 18.5 Å². The third-order valence-electron chi connectivity index (χ3n) is 3.64. The molecule has 1 aromatic rings. The van der Waals surface area contributed by atoms with Gasteiger partial charge in [0.05, 0.1) is 11.7 Å². The Kier molecular flexibility index (Phi) is 4.34. The third-order valence-corrected chi connectivity index (χ3v) is 3.64. The van der Waals surface area contributed by atoms with Crippen molar-refractivity contribution in [3.8, 4) is 0 Å². The van der Waals surface area contributed by atoms with Gasteiger partial charge in [-0.1, -0.05) is 6.92 Å². The number of carbonyl (C=O) groups excluding carboxylic acids is 2. The molecule has 0 aliphatic carbocycles. The Hall–Kier alpha value is -1.95. The van der Waals surface area contributed by atoms with Crippen LogP contribution in [0.25, 0.3) is 0 Å². The van der Waals surface area contributed by atoms with Crippen LogP contribution in [0.15, 0.2) is 18.5 Å². The van der Waals surface area contributed by atoms with E-state index >= 15 is 0 Å².